The van der Waals surface area contributed by atoms with E-state index in [0.717, 1.165) is 10.0 Å². The van der Waals surface area contributed by atoms with Crippen molar-refractivity contribution in [3.05, 3.63) is 10.0 Å². The van der Waals surface area contributed by atoms with Gasteiger partial charge in [-0.3, -0.25) is 0 Å². The van der Waals surface area contributed by atoms with E-state index >= 15 is 0 Å². The van der Waals surface area contributed by atoms with E-state index in [9.17, 15) is 0 Å². The Bertz CT molecular complexity index is 288. The lowest BCUT2D eigenvalue weighted by molar-refractivity contribution is 0.739. The quantitative estimate of drug-likeness (QED) is 0.757. The highest BCUT2D eigenvalue weighted by Crippen LogP contribution is 2.48. The lowest BCUT2D eigenvalue weighted by Gasteiger charge is -1.99. The zero-order valence-electron chi connectivity index (χ0n) is 7.37. The molecule has 0 spiro atoms. The van der Waals surface area contributed by atoms with Gasteiger partial charge in [0, 0.05) is 5.41 Å². The summed E-state index contributed by atoms with van der Waals surface area (Å²) in [4.78, 5) is 0. The van der Waals surface area contributed by atoms with Gasteiger partial charge in [-0.05, 0) is 19.8 Å². The highest BCUT2D eigenvalue weighted by molar-refractivity contribution is 7.11. The van der Waals surface area contributed by atoms with Crippen molar-refractivity contribution < 1.29 is 0 Å². The summed E-state index contributed by atoms with van der Waals surface area (Å²) in [7, 11) is 0. The normalized spacial score (nSPS) is 22.2. The maximum absolute atomic E-state index is 5.70. The maximum Gasteiger partial charge on any atom is 0.133 e. The largest absolute Gasteiger partial charge is 0.322 e. The fourth-order valence-corrected chi connectivity index (χ4v) is 2.06. The molecule has 2 rings (SSSR count). The van der Waals surface area contributed by atoms with Gasteiger partial charge >= 0.3 is 0 Å². The van der Waals surface area contributed by atoms with Gasteiger partial charge in [-0.2, -0.15) is 0 Å². The number of aromatic nitrogens is 2. The van der Waals surface area contributed by atoms with E-state index in [0.29, 0.717) is 5.41 Å². The molecule has 3 nitrogen and oxygen atoms in total. The Balaban J connectivity index is 2.25. The average molecular weight is 183 g/mol. The molecule has 1 aliphatic carbocycles. The maximum atomic E-state index is 5.70. The van der Waals surface area contributed by atoms with E-state index < -0.39 is 0 Å². The summed E-state index contributed by atoms with van der Waals surface area (Å²) in [6.07, 6.45) is 2.50. The molecule has 1 heterocycles. The molecule has 0 saturated heterocycles. The highest BCUT2D eigenvalue weighted by atomic mass is 32.1. The molecule has 1 atom stereocenters. The van der Waals surface area contributed by atoms with Crippen LogP contribution in [0.1, 0.15) is 42.7 Å². The van der Waals surface area contributed by atoms with Crippen molar-refractivity contribution in [2.75, 3.05) is 0 Å². The Kier molecular flexibility index (Phi) is 1.70. The van der Waals surface area contributed by atoms with Crippen LogP contribution >= 0.6 is 11.3 Å². The van der Waals surface area contributed by atoms with Gasteiger partial charge in [-0.15, -0.1) is 10.2 Å². The fourth-order valence-electron chi connectivity index (χ4n) is 1.06. The molecule has 4 heteroatoms. The number of nitrogens with two attached hydrogens (primary N) is 1. The first-order chi connectivity index (χ1) is 5.62. The molecule has 0 bridgehead atoms. The molecule has 1 fully saturated rings. The van der Waals surface area contributed by atoms with Gasteiger partial charge in [-0.25, -0.2) is 0 Å². The van der Waals surface area contributed by atoms with Crippen molar-refractivity contribution in [2.45, 2.75) is 38.1 Å². The van der Waals surface area contributed by atoms with E-state index in [1.165, 1.54) is 12.8 Å². The number of rotatable bonds is 2. The van der Waals surface area contributed by atoms with Crippen molar-refractivity contribution in [1.82, 2.24) is 10.2 Å². The molecule has 1 aromatic rings. The van der Waals surface area contributed by atoms with Crippen LogP contribution in [0.3, 0.4) is 0 Å². The second-order valence-corrected chi connectivity index (χ2v) is 4.80. The second-order valence-electron chi connectivity index (χ2n) is 3.79. The van der Waals surface area contributed by atoms with Crippen molar-refractivity contribution in [3.63, 3.8) is 0 Å². The van der Waals surface area contributed by atoms with E-state index in [1.807, 2.05) is 6.92 Å². The molecule has 1 aliphatic rings. The second kappa shape index (κ2) is 2.50. The van der Waals surface area contributed by atoms with Crippen molar-refractivity contribution in [3.8, 4) is 0 Å². The van der Waals surface area contributed by atoms with E-state index in [-0.39, 0.29) is 6.04 Å². The van der Waals surface area contributed by atoms with Gasteiger partial charge in [0.05, 0.1) is 6.04 Å². The summed E-state index contributed by atoms with van der Waals surface area (Å²) in [5.74, 6) is 0. The van der Waals surface area contributed by atoms with Gasteiger partial charge in [-0.1, -0.05) is 18.3 Å². The molecule has 1 saturated carbocycles. The summed E-state index contributed by atoms with van der Waals surface area (Å²) in [6, 6.07) is 0.0265. The number of hydrogen-bond donors (Lipinski definition) is 1. The van der Waals surface area contributed by atoms with E-state index in [1.54, 1.807) is 11.3 Å². The first kappa shape index (κ1) is 8.13. The average Bonchev–Trinajstić information content (AvgIpc) is 2.61. The predicted molar refractivity (Wildman–Crippen MR) is 49.1 cm³/mol. The minimum absolute atomic E-state index is 0.0265. The Morgan fingerprint density at radius 3 is 2.58 bits per heavy atom. The van der Waals surface area contributed by atoms with Crippen LogP contribution in [0.15, 0.2) is 0 Å². The molecular formula is C8H13N3S. The minimum Gasteiger partial charge on any atom is -0.322 e. The molecule has 1 unspecified atom stereocenters. The first-order valence-electron chi connectivity index (χ1n) is 4.21. The van der Waals surface area contributed by atoms with Gasteiger partial charge in [0.25, 0.3) is 0 Å². The Hall–Kier alpha value is -0.480. The summed E-state index contributed by atoms with van der Waals surface area (Å²) < 4.78 is 0. The van der Waals surface area contributed by atoms with Crippen LogP contribution in [0.4, 0.5) is 0 Å². The Labute approximate surface area is 76.0 Å². The van der Waals surface area contributed by atoms with Crippen molar-refractivity contribution in [1.29, 1.82) is 0 Å². The molecule has 0 radical (unpaired) electrons. The summed E-state index contributed by atoms with van der Waals surface area (Å²) in [6.45, 7) is 4.18. The smallest absolute Gasteiger partial charge is 0.133 e. The first-order valence-corrected chi connectivity index (χ1v) is 5.03. The Morgan fingerprint density at radius 2 is 2.17 bits per heavy atom. The van der Waals surface area contributed by atoms with Crippen LogP contribution in [-0.2, 0) is 5.41 Å². The van der Waals surface area contributed by atoms with Gasteiger partial charge in [0.1, 0.15) is 10.0 Å². The lowest BCUT2D eigenvalue weighted by Crippen LogP contribution is -2.03. The third kappa shape index (κ3) is 1.25. The monoisotopic (exact) mass is 183 g/mol. The van der Waals surface area contributed by atoms with Crippen LogP contribution in [0.2, 0.25) is 0 Å². The molecule has 1 aromatic heterocycles. The summed E-state index contributed by atoms with van der Waals surface area (Å²) in [5, 5.41) is 10.3. The SMILES string of the molecule is CC(N)c1nnc(C2(C)CC2)s1. The number of nitrogens with zero attached hydrogens (tertiary/aromatic N) is 2. The van der Waals surface area contributed by atoms with Crippen molar-refractivity contribution >= 4 is 11.3 Å². The van der Waals surface area contributed by atoms with Gasteiger partial charge in [0.2, 0.25) is 0 Å². The Morgan fingerprint density at radius 1 is 1.50 bits per heavy atom. The summed E-state index contributed by atoms with van der Waals surface area (Å²) >= 11 is 1.66. The third-order valence-corrected chi connectivity index (χ3v) is 3.78. The van der Waals surface area contributed by atoms with E-state index in [2.05, 4.69) is 17.1 Å². The van der Waals surface area contributed by atoms with Crippen LogP contribution in [0, 0.1) is 0 Å². The standard InChI is InChI=1S/C8H13N3S/c1-5(9)6-10-11-7(12-6)8(2)3-4-8/h5H,3-4,9H2,1-2H3. The molecule has 66 valence electrons. The van der Waals surface area contributed by atoms with Gasteiger partial charge < -0.3 is 5.73 Å². The lowest BCUT2D eigenvalue weighted by atomic mass is 10.2. The molecule has 2 N–H and O–H groups in total. The zero-order chi connectivity index (χ0) is 8.77. The predicted octanol–water partition coefficient (Wildman–Crippen LogP) is 1.61. The highest BCUT2D eigenvalue weighted by Gasteiger charge is 2.42. The number of hydrogen-bond acceptors (Lipinski definition) is 4. The topological polar surface area (TPSA) is 51.8 Å². The van der Waals surface area contributed by atoms with Crippen molar-refractivity contribution in [2.24, 2.45) is 5.73 Å². The third-order valence-electron chi connectivity index (χ3n) is 2.35. The minimum atomic E-state index is 0.0265. The molecule has 0 aliphatic heterocycles. The molecule has 12 heavy (non-hydrogen) atoms. The van der Waals surface area contributed by atoms with Crippen LogP contribution in [0.5, 0.6) is 0 Å². The fraction of sp³-hybridized carbons (Fsp3) is 0.750. The van der Waals surface area contributed by atoms with Crippen LogP contribution < -0.4 is 5.73 Å². The molecule has 0 amide bonds. The summed E-state index contributed by atoms with van der Waals surface area (Å²) in [5.41, 5.74) is 6.04. The van der Waals surface area contributed by atoms with E-state index in [4.69, 9.17) is 5.73 Å². The molecule has 0 aromatic carbocycles. The van der Waals surface area contributed by atoms with Crippen LogP contribution in [-0.4, -0.2) is 10.2 Å². The zero-order valence-corrected chi connectivity index (χ0v) is 8.19. The van der Waals surface area contributed by atoms with Gasteiger partial charge in [0.15, 0.2) is 0 Å². The molecular weight excluding hydrogens is 170 g/mol. The van der Waals surface area contributed by atoms with Crippen LogP contribution in [0.25, 0.3) is 0 Å².